The number of para-hydroxylation sites is 2. The fraction of sp³-hybridized carbons (Fsp3) is 0.263. The van der Waals surface area contributed by atoms with Gasteiger partial charge in [0.05, 0.1) is 16.3 Å². The maximum atomic E-state index is 12.4. The van der Waals surface area contributed by atoms with E-state index in [1.165, 1.54) is 0 Å². The Labute approximate surface area is 152 Å². The standard InChI is InChI=1S/C19H21ClN2O3/c1-3-12-21-19(24)14-8-4-6-10-16(14)22-18(23)13(2)25-17-11-7-5-9-15(17)20/h4-11,13H,3,12H2,1-2H3,(H,21,24)(H,22,23)/t13-/m1/s1. The first-order chi connectivity index (χ1) is 12.0. The Hall–Kier alpha value is -2.53. The summed E-state index contributed by atoms with van der Waals surface area (Å²) < 4.78 is 5.60. The zero-order chi connectivity index (χ0) is 18.2. The lowest BCUT2D eigenvalue weighted by Gasteiger charge is -2.17. The summed E-state index contributed by atoms with van der Waals surface area (Å²) in [6, 6.07) is 13.8. The highest BCUT2D eigenvalue weighted by Crippen LogP contribution is 2.24. The highest BCUT2D eigenvalue weighted by atomic mass is 35.5. The van der Waals surface area contributed by atoms with Crippen LogP contribution < -0.4 is 15.4 Å². The number of nitrogens with one attached hydrogen (secondary N) is 2. The third kappa shape index (κ3) is 5.22. The number of hydrogen-bond donors (Lipinski definition) is 2. The number of carbonyl (C=O) groups excluding carboxylic acids is 2. The van der Waals surface area contributed by atoms with Gasteiger partial charge in [0.1, 0.15) is 5.75 Å². The number of carbonyl (C=O) groups is 2. The lowest BCUT2D eigenvalue weighted by molar-refractivity contribution is -0.122. The summed E-state index contributed by atoms with van der Waals surface area (Å²) in [6.45, 7) is 4.17. The largest absolute Gasteiger partial charge is 0.479 e. The Balaban J connectivity index is 2.07. The van der Waals surface area contributed by atoms with Gasteiger partial charge in [-0.2, -0.15) is 0 Å². The first-order valence-electron chi connectivity index (χ1n) is 8.12. The monoisotopic (exact) mass is 360 g/mol. The van der Waals surface area contributed by atoms with Gasteiger partial charge in [-0.3, -0.25) is 9.59 Å². The Morgan fingerprint density at radius 1 is 1.12 bits per heavy atom. The predicted octanol–water partition coefficient (Wildman–Crippen LogP) is 3.89. The molecule has 0 radical (unpaired) electrons. The molecule has 0 aliphatic heterocycles. The highest BCUT2D eigenvalue weighted by molar-refractivity contribution is 6.32. The van der Waals surface area contributed by atoms with Crippen molar-refractivity contribution in [3.63, 3.8) is 0 Å². The van der Waals surface area contributed by atoms with Crippen LogP contribution in [0.4, 0.5) is 5.69 Å². The number of halogens is 1. The second-order valence-electron chi connectivity index (χ2n) is 5.48. The van der Waals surface area contributed by atoms with Crippen LogP contribution in [0.1, 0.15) is 30.6 Å². The second kappa shape index (κ2) is 9.08. The van der Waals surface area contributed by atoms with Crippen LogP contribution in [0.3, 0.4) is 0 Å². The quantitative estimate of drug-likeness (QED) is 0.787. The van der Waals surface area contributed by atoms with Gasteiger partial charge in [0, 0.05) is 6.54 Å². The van der Waals surface area contributed by atoms with Crippen LogP contribution in [0.2, 0.25) is 5.02 Å². The van der Waals surface area contributed by atoms with Crippen molar-refractivity contribution in [1.29, 1.82) is 0 Å². The smallest absolute Gasteiger partial charge is 0.265 e. The summed E-state index contributed by atoms with van der Waals surface area (Å²) in [5, 5.41) is 5.97. The fourth-order valence-electron chi connectivity index (χ4n) is 2.14. The number of ether oxygens (including phenoxy) is 1. The summed E-state index contributed by atoms with van der Waals surface area (Å²) in [4.78, 5) is 24.6. The van der Waals surface area contributed by atoms with E-state index >= 15 is 0 Å². The number of amides is 2. The Morgan fingerprint density at radius 3 is 2.52 bits per heavy atom. The zero-order valence-corrected chi connectivity index (χ0v) is 15.0. The fourth-order valence-corrected chi connectivity index (χ4v) is 2.32. The van der Waals surface area contributed by atoms with Crippen LogP contribution >= 0.6 is 11.6 Å². The number of benzene rings is 2. The van der Waals surface area contributed by atoms with Crippen molar-refractivity contribution in [2.45, 2.75) is 26.4 Å². The van der Waals surface area contributed by atoms with Crippen molar-refractivity contribution in [2.75, 3.05) is 11.9 Å². The summed E-state index contributed by atoms with van der Waals surface area (Å²) >= 11 is 6.04. The maximum absolute atomic E-state index is 12.4. The number of hydrogen-bond acceptors (Lipinski definition) is 3. The van der Waals surface area contributed by atoms with Crippen molar-refractivity contribution in [2.24, 2.45) is 0 Å². The molecule has 0 aliphatic rings. The van der Waals surface area contributed by atoms with E-state index < -0.39 is 6.10 Å². The molecule has 25 heavy (non-hydrogen) atoms. The molecule has 0 fully saturated rings. The molecule has 0 saturated carbocycles. The third-order valence-electron chi connectivity index (χ3n) is 3.47. The zero-order valence-electron chi connectivity index (χ0n) is 14.2. The highest BCUT2D eigenvalue weighted by Gasteiger charge is 2.19. The number of rotatable bonds is 7. The molecule has 0 aliphatic carbocycles. The van der Waals surface area contributed by atoms with Crippen LogP contribution in [0, 0.1) is 0 Å². The Morgan fingerprint density at radius 2 is 1.80 bits per heavy atom. The average Bonchev–Trinajstić information content (AvgIpc) is 2.62. The maximum Gasteiger partial charge on any atom is 0.265 e. The summed E-state index contributed by atoms with van der Waals surface area (Å²) in [7, 11) is 0. The van der Waals surface area contributed by atoms with Gasteiger partial charge in [0.15, 0.2) is 6.10 Å². The molecule has 0 aromatic heterocycles. The molecule has 0 unspecified atom stereocenters. The molecule has 0 saturated heterocycles. The van der Waals surface area contributed by atoms with E-state index in [4.69, 9.17) is 16.3 Å². The van der Waals surface area contributed by atoms with E-state index in [2.05, 4.69) is 10.6 Å². The molecule has 2 aromatic rings. The number of anilines is 1. The minimum absolute atomic E-state index is 0.225. The normalized spacial score (nSPS) is 11.5. The molecule has 0 heterocycles. The van der Waals surface area contributed by atoms with Gasteiger partial charge in [-0.1, -0.05) is 42.8 Å². The minimum atomic E-state index is -0.772. The van der Waals surface area contributed by atoms with Gasteiger partial charge in [-0.15, -0.1) is 0 Å². The van der Waals surface area contributed by atoms with E-state index in [1.54, 1.807) is 55.5 Å². The van der Waals surface area contributed by atoms with Crippen LogP contribution in [0.15, 0.2) is 48.5 Å². The predicted molar refractivity (Wildman–Crippen MR) is 99.2 cm³/mol. The first kappa shape index (κ1) is 18.8. The molecule has 1 atom stereocenters. The lowest BCUT2D eigenvalue weighted by Crippen LogP contribution is -2.32. The van der Waals surface area contributed by atoms with Crippen LogP contribution in [0.25, 0.3) is 0 Å². The van der Waals surface area contributed by atoms with E-state index in [9.17, 15) is 9.59 Å². The summed E-state index contributed by atoms with van der Waals surface area (Å²) in [5.74, 6) is -0.158. The molecular formula is C19H21ClN2O3. The molecule has 0 bridgehead atoms. The molecule has 6 heteroatoms. The van der Waals surface area contributed by atoms with Crippen molar-refractivity contribution >= 4 is 29.1 Å². The summed E-state index contributed by atoms with van der Waals surface area (Å²) in [5.41, 5.74) is 0.852. The molecule has 0 spiro atoms. The van der Waals surface area contributed by atoms with Gasteiger partial charge >= 0.3 is 0 Å². The Bertz CT molecular complexity index is 749. The SMILES string of the molecule is CCCNC(=O)c1ccccc1NC(=O)[C@@H](C)Oc1ccccc1Cl. The van der Waals surface area contributed by atoms with E-state index in [0.717, 1.165) is 6.42 Å². The Kier molecular flexibility index (Phi) is 6.83. The molecular weight excluding hydrogens is 340 g/mol. The van der Waals surface area contributed by atoms with E-state index in [-0.39, 0.29) is 11.8 Å². The van der Waals surface area contributed by atoms with Crippen molar-refractivity contribution in [3.05, 3.63) is 59.1 Å². The molecule has 2 amide bonds. The van der Waals surface area contributed by atoms with Crippen LogP contribution in [0.5, 0.6) is 5.75 Å². The molecule has 2 N–H and O–H groups in total. The molecule has 132 valence electrons. The summed E-state index contributed by atoms with van der Waals surface area (Å²) in [6.07, 6.45) is 0.0647. The average molecular weight is 361 g/mol. The van der Waals surface area contributed by atoms with Crippen molar-refractivity contribution in [3.8, 4) is 5.75 Å². The molecule has 2 aromatic carbocycles. The minimum Gasteiger partial charge on any atom is -0.479 e. The lowest BCUT2D eigenvalue weighted by atomic mass is 10.1. The van der Waals surface area contributed by atoms with Gasteiger partial charge in [0.2, 0.25) is 0 Å². The van der Waals surface area contributed by atoms with Gasteiger partial charge < -0.3 is 15.4 Å². The van der Waals surface area contributed by atoms with Crippen LogP contribution in [-0.2, 0) is 4.79 Å². The second-order valence-corrected chi connectivity index (χ2v) is 5.89. The van der Waals surface area contributed by atoms with Gasteiger partial charge in [-0.25, -0.2) is 0 Å². The molecule has 5 nitrogen and oxygen atoms in total. The van der Waals surface area contributed by atoms with Gasteiger partial charge in [0.25, 0.3) is 11.8 Å². The van der Waals surface area contributed by atoms with Crippen LogP contribution in [-0.4, -0.2) is 24.5 Å². The first-order valence-corrected chi connectivity index (χ1v) is 8.50. The van der Waals surface area contributed by atoms with E-state index in [1.807, 2.05) is 6.92 Å². The third-order valence-corrected chi connectivity index (χ3v) is 3.79. The topological polar surface area (TPSA) is 67.4 Å². The van der Waals surface area contributed by atoms with Crippen molar-refractivity contribution in [1.82, 2.24) is 5.32 Å². The van der Waals surface area contributed by atoms with Gasteiger partial charge in [-0.05, 0) is 37.6 Å². The molecule has 2 rings (SSSR count). The van der Waals surface area contributed by atoms with E-state index in [0.29, 0.717) is 28.6 Å². The van der Waals surface area contributed by atoms with Crippen molar-refractivity contribution < 1.29 is 14.3 Å².